The third-order valence-corrected chi connectivity index (χ3v) is 6.15. The molecule has 0 bridgehead atoms. The summed E-state index contributed by atoms with van der Waals surface area (Å²) in [4.78, 5) is 11.5. The van der Waals surface area contributed by atoms with Crippen molar-refractivity contribution in [3.05, 3.63) is 28.8 Å². The first-order valence-electron chi connectivity index (χ1n) is 6.38. The van der Waals surface area contributed by atoms with E-state index in [4.69, 9.17) is 22.1 Å². The summed E-state index contributed by atoms with van der Waals surface area (Å²) in [6, 6.07) is 3.83. The highest BCUT2D eigenvalue weighted by Crippen LogP contribution is 2.32. The number of ether oxygens (including phenoxy) is 1. The molecule has 0 unspecified atom stereocenters. The lowest BCUT2D eigenvalue weighted by atomic mass is 10.2. The molecular weight excluding hydrogens is 316 g/mol. The van der Waals surface area contributed by atoms with Crippen molar-refractivity contribution in [2.45, 2.75) is 30.4 Å². The van der Waals surface area contributed by atoms with Gasteiger partial charge in [-0.1, -0.05) is 23.7 Å². The third-order valence-electron chi connectivity index (χ3n) is 3.62. The van der Waals surface area contributed by atoms with Crippen LogP contribution in [0.1, 0.15) is 12.0 Å². The summed E-state index contributed by atoms with van der Waals surface area (Å²) in [5, 5.41) is 0.154. The van der Waals surface area contributed by atoms with Crippen LogP contribution in [0, 0.1) is 6.92 Å². The van der Waals surface area contributed by atoms with Crippen LogP contribution in [0.5, 0.6) is 0 Å². The lowest BCUT2D eigenvalue weighted by Gasteiger charge is -2.22. The molecule has 1 aromatic rings. The molecule has 0 spiro atoms. The predicted octanol–water partition coefficient (Wildman–Crippen LogP) is 0.912. The van der Waals surface area contributed by atoms with E-state index in [-0.39, 0.29) is 29.0 Å². The molecule has 0 radical (unpaired) electrons. The zero-order valence-corrected chi connectivity index (χ0v) is 13.3. The molecule has 21 heavy (non-hydrogen) atoms. The second-order valence-corrected chi connectivity index (χ2v) is 7.21. The first-order valence-corrected chi connectivity index (χ1v) is 8.20. The van der Waals surface area contributed by atoms with Gasteiger partial charge in [0.25, 0.3) is 0 Å². The number of methoxy groups -OCH3 is 1. The highest BCUT2D eigenvalue weighted by molar-refractivity contribution is 7.89. The second kappa shape index (κ2) is 5.92. The zero-order valence-electron chi connectivity index (χ0n) is 11.7. The van der Waals surface area contributed by atoms with Crippen molar-refractivity contribution in [1.29, 1.82) is 0 Å². The highest BCUT2D eigenvalue weighted by atomic mass is 35.5. The average Bonchev–Trinajstić information content (AvgIpc) is 2.87. The Morgan fingerprint density at radius 2 is 2.14 bits per heavy atom. The standard InChI is InChI=1S/C13H17ClN2O4S/c1-8-4-3-5-11(12(8)14)21(18,19)16-7-9(20-2)6-10(16)13(15)17/h3-5,9-10H,6-7H2,1-2H3,(H2,15,17)/t9-,10-/m0/s1. The van der Waals surface area contributed by atoms with Crippen molar-refractivity contribution in [2.24, 2.45) is 5.73 Å². The van der Waals surface area contributed by atoms with Crippen molar-refractivity contribution < 1.29 is 17.9 Å². The predicted molar refractivity (Wildman–Crippen MR) is 78.5 cm³/mol. The van der Waals surface area contributed by atoms with Gasteiger partial charge in [-0.25, -0.2) is 8.42 Å². The fourth-order valence-electron chi connectivity index (χ4n) is 2.41. The maximum Gasteiger partial charge on any atom is 0.245 e. The van der Waals surface area contributed by atoms with Crippen LogP contribution in [0.2, 0.25) is 5.02 Å². The maximum absolute atomic E-state index is 12.8. The fraction of sp³-hybridized carbons (Fsp3) is 0.462. The van der Waals surface area contributed by atoms with Crippen LogP contribution < -0.4 is 5.73 Å². The number of sulfonamides is 1. The summed E-state index contributed by atoms with van der Waals surface area (Å²) >= 11 is 6.10. The molecule has 2 rings (SSSR count). The minimum atomic E-state index is -3.91. The minimum Gasteiger partial charge on any atom is -0.380 e. The molecule has 116 valence electrons. The third kappa shape index (κ3) is 2.91. The first-order chi connectivity index (χ1) is 9.78. The Morgan fingerprint density at radius 3 is 2.71 bits per heavy atom. The van der Waals surface area contributed by atoms with Crippen LogP contribution >= 0.6 is 11.6 Å². The zero-order chi connectivity index (χ0) is 15.8. The van der Waals surface area contributed by atoms with Gasteiger partial charge in [-0.05, 0) is 18.6 Å². The number of hydrogen-bond acceptors (Lipinski definition) is 4. The fourth-order valence-corrected chi connectivity index (χ4v) is 4.61. The largest absolute Gasteiger partial charge is 0.380 e. The smallest absolute Gasteiger partial charge is 0.245 e. The van der Waals surface area contributed by atoms with E-state index in [1.54, 1.807) is 19.1 Å². The summed E-state index contributed by atoms with van der Waals surface area (Å²) < 4.78 is 31.8. The maximum atomic E-state index is 12.8. The van der Waals surface area contributed by atoms with Gasteiger partial charge in [-0.15, -0.1) is 0 Å². The number of halogens is 1. The Morgan fingerprint density at radius 1 is 1.48 bits per heavy atom. The van der Waals surface area contributed by atoms with Crippen molar-refractivity contribution in [3.63, 3.8) is 0 Å². The molecule has 8 heteroatoms. The van der Waals surface area contributed by atoms with Gasteiger partial charge in [-0.2, -0.15) is 4.31 Å². The Bertz CT molecular complexity index is 662. The quantitative estimate of drug-likeness (QED) is 0.887. The van der Waals surface area contributed by atoms with Crippen LogP contribution in [0.3, 0.4) is 0 Å². The number of primary amides is 1. The molecule has 1 aromatic carbocycles. The van der Waals surface area contributed by atoms with Crippen molar-refractivity contribution >= 4 is 27.5 Å². The number of carbonyl (C=O) groups excluding carboxylic acids is 1. The summed E-state index contributed by atoms with van der Waals surface area (Å²) in [5.41, 5.74) is 5.96. The average molecular weight is 333 g/mol. The van der Waals surface area contributed by atoms with Gasteiger partial charge in [0.1, 0.15) is 10.9 Å². The van der Waals surface area contributed by atoms with E-state index in [9.17, 15) is 13.2 Å². The van der Waals surface area contributed by atoms with E-state index in [0.29, 0.717) is 5.56 Å². The Kier molecular flexibility index (Phi) is 4.57. The summed E-state index contributed by atoms with van der Waals surface area (Å²) in [5.74, 6) is -0.693. The number of carbonyl (C=O) groups is 1. The van der Waals surface area contributed by atoms with Gasteiger partial charge < -0.3 is 10.5 Å². The van der Waals surface area contributed by atoms with Crippen LogP contribution in [-0.2, 0) is 19.6 Å². The lowest BCUT2D eigenvalue weighted by molar-refractivity contribution is -0.121. The molecule has 0 saturated carbocycles. The Hall–Kier alpha value is -1.15. The van der Waals surface area contributed by atoms with Crippen LogP contribution in [0.25, 0.3) is 0 Å². The number of amides is 1. The van der Waals surface area contributed by atoms with Gasteiger partial charge in [-0.3, -0.25) is 4.79 Å². The van der Waals surface area contributed by atoms with Gasteiger partial charge in [0.15, 0.2) is 0 Å². The number of benzene rings is 1. The van der Waals surface area contributed by atoms with Gasteiger partial charge >= 0.3 is 0 Å². The SMILES string of the molecule is CO[C@H]1C[C@@H](C(N)=O)N(S(=O)(=O)c2cccc(C)c2Cl)C1. The van der Waals surface area contributed by atoms with Crippen molar-refractivity contribution in [3.8, 4) is 0 Å². The van der Waals surface area contributed by atoms with E-state index < -0.39 is 22.0 Å². The van der Waals surface area contributed by atoms with Crippen LogP contribution in [-0.4, -0.2) is 44.4 Å². The highest BCUT2D eigenvalue weighted by Gasteiger charge is 2.43. The number of aryl methyl sites for hydroxylation is 1. The topological polar surface area (TPSA) is 89.7 Å². The van der Waals surface area contributed by atoms with E-state index in [1.807, 2.05) is 0 Å². The molecule has 2 atom stereocenters. The molecule has 1 heterocycles. The van der Waals surface area contributed by atoms with Crippen molar-refractivity contribution in [1.82, 2.24) is 4.31 Å². The van der Waals surface area contributed by atoms with Gasteiger partial charge in [0, 0.05) is 20.1 Å². The molecule has 0 aromatic heterocycles. The van der Waals surface area contributed by atoms with Gasteiger partial charge in [0.05, 0.1) is 11.1 Å². The molecule has 2 N–H and O–H groups in total. The molecule has 1 aliphatic rings. The van der Waals surface area contributed by atoms with E-state index in [0.717, 1.165) is 4.31 Å². The molecule has 1 fully saturated rings. The summed E-state index contributed by atoms with van der Waals surface area (Å²) in [6.45, 7) is 1.80. The second-order valence-electron chi connectivity index (χ2n) is 4.97. The number of hydrogen-bond donors (Lipinski definition) is 1. The van der Waals surface area contributed by atoms with E-state index in [1.165, 1.54) is 13.2 Å². The Labute approximate surface area is 128 Å². The van der Waals surface area contributed by atoms with Crippen molar-refractivity contribution in [2.75, 3.05) is 13.7 Å². The van der Waals surface area contributed by atoms with E-state index in [2.05, 4.69) is 0 Å². The molecule has 1 aliphatic heterocycles. The monoisotopic (exact) mass is 332 g/mol. The molecular formula is C13H17ClN2O4S. The number of nitrogens with two attached hydrogens (primary N) is 1. The molecule has 1 amide bonds. The first kappa shape index (κ1) is 16.2. The molecule has 0 aliphatic carbocycles. The van der Waals surface area contributed by atoms with Crippen LogP contribution in [0.4, 0.5) is 0 Å². The molecule has 6 nitrogen and oxygen atoms in total. The normalized spacial score (nSPS) is 23.4. The van der Waals surface area contributed by atoms with E-state index >= 15 is 0 Å². The Balaban J connectivity index is 2.47. The van der Waals surface area contributed by atoms with Crippen LogP contribution in [0.15, 0.2) is 23.1 Å². The molecule has 1 saturated heterocycles. The van der Waals surface area contributed by atoms with Gasteiger partial charge in [0.2, 0.25) is 15.9 Å². The number of rotatable bonds is 4. The summed E-state index contributed by atoms with van der Waals surface area (Å²) in [7, 11) is -2.44. The lowest BCUT2D eigenvalue weighted by Crippen LogP contribution is -2.43. The minimum absolute atomic E-state index is 0.0211. The number of nitrogens with zero attached hydrogens (tertiary/aromatic N) is 1. The summed E-state index contributed by atoms with van der Waals surface area (Å²) in [6.07, 6.45) is -0.116.